The standard InChI is InChI=1S/C15H20N2O4/c1-10(9-21-2)16-15(20)17-8-12-6-4-3-5-11(12)7-13(17)14(18)19/h3-6,10,13H,7-9H2,1-2H3,(H,16,20)(H,18,19)/t10?,13-/m1/s1. The number of benzene rings is 1. The summed E-state index contributed by atoms with van der Waals surface area (Å²) < 4.78 is 4.97. The van der Waals surface area contributed by atoms with Crippen LogP contribution in [0.2, 0.25) is 0 Å². The first-order chi connectivity index (χ1) is 10.0. The van der Waals surface area contributed by atoms with E-state index in [0.29, 0.717) is 19.6 Å². The van der Waals surface area contributed by atoms with Gasteiger partial charge in [-0.25, -0.2) is 9.59 Å². The number of hydrogen-bond donors (Lipinski definition) is 2. The first-order valence-corrected chi connectivity index (χ1v) is 6.88. The van der Waals surface area contributed by atoms with Crippen molar-refractivity contribution >= 4 is 12.0 Å². The molecule has 0 fully saturated rings. The second-order valence-corrected chi connectivity index (χ2v) is 5.26. The molecular formula is C15H20N2O4. The summed E-state index contributed by atoms with van der Waals surface area (Å²) in [6, 6.07) is 6.23. The molecule has 0 saturated carbocycles. The molecule has 0 bridgehead atoms. The number of amides is 2. The molecule has 0 aliphatic carbocycles. The molecule has 2 N–H and O–H groups in total. The fourth-order valence-electron chi connectivity index (χ4n) is 2.54. The molecule has 1 heterocycles. The lowest BCUT2D eigenvalue weighted by molar-refractivity contribution is -0.142. The van der Waals surface area contributed by atoms with Gasteiger partial charge in [0.05, 0.1) is 12.6 Å². The van der Waals surface area contributed by atoms with E-state index in [1.54, 1.807) is 7.11 Å². The monoisotopic (exact) mass is 292 g/mol. The molecule has 2 amide bonds. The summed E-state index contributed by atoms with van der Waals surface area (Å²) in [6.07, 6.45) is 0.331. The van der Waals surface area contributed by atoms with Crippen molar-refractivity contribution in [2.75, 3.05) is 13.7 Å². The third-order valence-corrected chi connectivity index (χ3v) is 3.58. The van der Waals surface area contributed by atoms with Crippen LogP contribution in [-0.2, 0) is 22.5 Å². The molecule has 1 aliphatic rings. The fourth-order valence-corrected chi connectivity index (χ4v) is 2.54. The molecular weight excluding hydrogens is 272 g/mol. The number of nitrogens with zero attached hydrogens (tertiary/aromatic N) is 1. The Morgan fingerprint density at radius 1 is 1.43 bits per heavy atom. The molecule has 0 spiro atoms. The van der Waals surface area contributed by atoms with E-state index in [2.05, 4.69) is 5.32 Å². The Bertz CT molecular complexity index is 532. The third kappa shape index (κ3) is 3.52. The lowest BCUT2D eigenvalue weighted by Crippen LogP contribution is -2.54. The summed E-state index contributed by atoms with van der Waals surface area (Å²) in [6.45, 7) is 2.50. The summed E-state index contributed by atoms with van der Waals surface area (Å²) in [4.78, 5) is 25.1. The van der Waals surface area contributed by atoms with Crippen LogP contribution in [0.1, 0.15) is 18.1 Å². The number of rotatable bonds is 4. The molecule has 6 nitrogen and oxygen atoms in total. The van der Waals surface area contributed by atoms with Gasteiger partial charge < -0.3 is 20.1 Å². The maximum absolute atomic E-state index is 12.3. The van der Waals surface area contributed by atoms with Gasteiger partial charge in [0, 0.05) is 20.1 Å². The minimum Gasteiger partial charge on any atom is -0.480 e. The number of fused-ring (bicyclic) bond motifs is 1. The average molecular weight is 292 g/mol. The van der Waals surface area contributed by atoms with Gasteiger partial charge in [0.15, 0.2) is 0 Å². The number of carboxylic acid groups (broad SMARTS) is 1. The number of ether oxygens (including phenoxy) is 1. The zero-order chi connectivity index (χ0) is 15.4. The third-order valence-electron chi connectivity index (χ3n) is 3.58. The van der Waals surface area contributed by atoms with E-state index in [0.717, 1.165) is 11.1 Å². The first kappa shape index (κ1) is 15.3. The summed E-state index contributed by atoms with van der Waals surface area (Å²) in [5, 5.41) is 12.1. The normalized spacial score (nSPS) is 18.8. The Morgan fingerprint density at radius 3 is 2.71 bits per heavy atom. The maximum atomic E-state index is 12.3. The van der Waals surface area contributed by atoms with E-state index in [1.165, 1.54) is 4.90 Å². The van der Waals surface area contributed by atoms with Gasteiger partial charge in [-0.2, -0.15) is 0 Å². The van der Waals surface area contributed by atoms with Crippen LogP contribution < -0.4 is 5.32 Å². The second kappa shape index (κ2) is 6.58. The lowest BCUT2D eigenvalue weighted by Gasteiger charge is -2.35. The predicted octanol–water partition coefficient (Wildman–Crippen LogP) is 1.24. The fraction of sp³-hybridized carbons (Fsp3) is 0.467. The largest absolute Gasteiger partial charge is 0.480 e. The van der Waals surface area contributed by atoms with Gasteiger partial charge >= 0.3 is 12.0 Å². The molecule has 1 aromatic rings. The van der Waals surface area contributed by atoms with Crippen molar-refractivity contribution < 1.29 is 19.4 Å². The number of urea groups is 1. The summed E-state index contributed by atoms with van der Waals surface area (Å²) in [5.74, 6) is -0.987. The molecule has 2 atom stereocenters. The number of hydrogen-bond acceptors (Lipinski definition) is 3. The van der Waals surface area contributed by atoms with Crippen molar-refractivity contribution in [3.63, 3.8) is 0 Å². The Hall–Kier alpha value is -2.08. The van der Waals surface area contributed by atoms with Gasteiger partial charge in [-0.3, -0.25) is 0 Å². The Morgan fingerprint density at radius 2 is 2.10 bits per heavy atom. The van der Waals surface area contributed by atoms with Crippen molar-refractivity contribution in [2.45, 2.75) is 32.0 Å². The maximum Gasteiger partial charge on any atom is 0.326 e. The highest BCUT2D eigenvalue weighted by molar-refractivity contribution is 5.83. The average Bonchev–Trinajstić information content (AvgIpc) is 2.45. The van der Waals surface area contributed by atoms with Crippen LogP contribution in [0.25, 0.3) is 0 Å². The van der Waals surface area contributed by atoms with Crippen LogP contribution in [0.5, 0.6) is 0 Å². The molecule has 0 aromatic heterocycles. The number of carbonyl (C=O) groups is 2. The predicted molar refractivity (Wildman–Crippen MR) is 77.0 cm³/mol. The van der Waals surface area contributed by atoms with Crippen molar-refractivity contribution in [1.82, 2.24) is 10.2 Å². The SMILES string of the molecule is COCC(C)NC(=O)N1Cc2ccccc2C[C@@H]1C(=O)O. The molecule has 0 saturated heterocycles. The van der Waals surface area contributed by atoms with Crippen molar-refractivity contribution in [2.24, 2.45) is 0 Å². The molecule has 21 heavy (non-hydrogen) atoms. The van der Waals surface area contributed by atoms with Crippen LogP contribution in [0.3, 0.4) is 0 Å². The molecule has 6 heteroatoms. The van der Waals surface area contributed by atoms with E-state index in [9.17, 15) is 14.7 Å². The van der Waals surface area contributed by atoms with E-state index in [4.69, 9.17) is 4.74 Å². The van der Waals surface area contributed by atoms with E-state index in [-0.39, 0.29) is 12.1 Å². The van der Waals surface area contributed by atoms with Gasteiger partial charge in [0.25, 0.3) is 0 Å². The van der Waals surface area contributed by atoms with Gasteiger partial charge in [0.1, 0.15) is 6.04 Å². The minimum atomic E-state index is -0.987. The number of methoxy groups -OCH3 is 1. The summed E-state index contributed by atoms with van der Waals surface area (Å²) in [7, 11) is 1.56. The van der Waals surface area contributed by atoms with Gasteiger partial charge in [-0.1, -0.05) is 24.3 Å². The molecule has 1 aliphatic heterocycles. The highest BCUT2D eigenvalue weighted by atomic mass is 16.5. The van der Waals surface area contributed by atoms with Crippen LogP contribution in [-0.4, -0.2) is 47.8 Å². The minimum absolute atomic E-state index is 0.172. The number of nitrogens with one attached hydrogen (secondary N) is 1. The highest BCUT2D eigenvalue weighted by Crippen LogP contribution is 2.23. The van der Waals surface area contributed by atoms with Gasteiger partial charge in [-0.05, 0) is 18.1 Å². The zero-order valence-electron chi connectivity index (χ0n) is 12.2. The lowest BCUT2D eigenvalue weighted by atomic mass is 9.94. The molecule has 114 valence electrons. The highest BCUT2D eigenvalue weighted by Gasteiger charge is 2.34. The Kier molecular flexibility index (Phi) is 4.80. The number of carboxylic acids is 1. The topological polar surface area (TPSA) is 78.9 Å². The van der Waals surface area contributed by atoms with Crippen molar-refractivity contribution in [1.29, 1.82) is 0 Å². The van der Waals surface area contributed by atoms with E-state index < -0.39 is 12.0 Å². The Balaban J connectivity index is 2.16. The number of aliphatic carboxylic acids is 1. The smallest absolute Gasteiger partial charge is 0.326 e. The quantitative estimate of drug-likeness (QED) is 0.875. The molecule has 1 unspecified atom stereocenters. The van der Waals surface area contributed by atoms with E-state index in [1.807, 2.05) is 31.2 Å². The van der Waals surface area contributed by atoms with Crippen LogP contribution >= 0.6 is 0 Å². The number of carbonyl (C=O) groups excluding carboxylic acids is 1. The molecule has 2 rings (SSSR count). The molecule has 0 radical (unpaired) electrons. The van der Waals surface area contributed by atoms with Crippen molar-refractivity contribution in [3.8, 4) is 0 Å². The van der Waals surface area contributed by atoms with Crippen LogP contribution in [0.15, 0.2) is 24.3 Å². The summed E-state index contributed by atoms with van der Waals surface area (Å²) >= 11 is 0. The second-order valence-electron chi connectivity index (χ2n) is 5.26. The van der Waals surface area contributed by atoms with Crippen LogP contribution in [0.4, 0.5) is 4.79 Å². The van der Waals surface area contributed by atoms with E-state index >= 15 is 0 Å². The zero-order valence-corrected chi connectivity index (χ0v) is 12.2. The van der Waals surface area contributed by atoms with Crippen LogP contribution in [0, 0.1) is 0 Å². The molecule has 1 aromatic carbocycles. The van der Waals surface area contributed by atoms with Gasteiger partial charge in [-0.15, -0.1) is 0 Å². The first-order valence-electron chi connectivity index (χ1n) is 6.88. The van der Waals surface area contributed by atoms with Crippen molar-refractivity contribution in [3.05, 3.63) is 35.4 Å². The Labute approximate surface area is 123 Å². The van der Waals surface area contributed by atoms with Gasteiger partial charge in [0.2, 0.25) is 0 Å². The summed E-state index contributed by atoms with van der Waals surface area (Å²) in [5.41, 5.74) is 1.98.